The van der Waals surface area contributed by atoms with E-state index >= 15 is 0 Å². The third kappa shape index (κ3) is 7.34. The molecule has 1 heterocycles. The zero-order valence-corrected chi connectivity index (χ0v) is 25.7. The molecule has 0 aliphatic carbocycles. The van der Waals surface area contributed by atoms with E-state index in [1.807, 2.05) is 84.6 Å². The van der Waals surface area contributed by atoms with Crippen molar-refractivity contribution in [2.75, 3.05) is 37.4 Å². The lowest BCUT2D eigenvalue weighted by Gasteiger charge is -2.39. The number of piperidine rings is 1. The first-order valence-electron chi connectivity index (χ1n) is 15.4. The predicted octanol–water partition coefficient (Wildman–Crippen LogP) is 6.40. The number of nitrogens with zero attached hydrogens (tertiary/aromatic N) is 2. The fourth-order valence-electron chi connectivity index (χ4n) is 6.28. The quantitative estimate of drug-likeness (QED) is 0.185. The van der Waals surface area contributed by atoms with Crippen molar-refractivity contribution < 1.29 is 19.4 Å². The molecular formula is C37H43N3O4. The summed E-state index contributed by atoms with van der Waals surface area (Å²) >= 11 is 0. The number of methoxy groups -OCH3 is 1. The topological polar surface area (TPSA) is 88.3 Å². The standard InChI is InChI=1S/C37H43N3O4/c1-3-44-33-22-30(26-41)34(35(23-33)43-2)25-40(24-27-10-6-4-7-11-27)37(42)36(28-12-8-5-9-13-28)29-18-20-39(21-19-29)32-16-14-31(38)15-17-32/h4-17,22-23,29,36,41H,3,18-21,24-26,38H2,1-2H3. The van der Waals surface area contributed by atoms with E-state index in [0.717, 1.165) is 54.0 Å². The number of nitrogen functional groups attached to an aromatic ring is 1. The summed E-state index contributed by atoms with van der Waals surface area (Å²) < 4.78 is 11.5. The first-order chi connectivity index (χ1) is 21.5. The molecule has 44 heavy (non-hydrogen) atoms. The molecule has 7 heteroatoms. The highest BCUT2D eigenvalue weighted by molar-refractivity contribution is 5.84. The van der Waals surface area contributed by atoms with Gasteiger partial charge in [-0.05, 0) is 72.7 Å². The Morgan fingerprint density at radius 2 is 1.61 bits per heavy atom. The molecule has 5 rings (SSSR count). The molecular weight excluding hydrogens is 550 g/mol. The van der Waals surface area contributed by atoms with E-state index in [2.05, 4.69) is 29.2 Å². The van der Waals surface area contributed by atoms with Crippen LogP contribution in [0.15, 0.2) is 97.1 Å². The number of amides is 1. The minimum absolute atomic E-state index is 0.0748. The summed E-state index contributed by atoms with van der Waals surface area (Å²) in [5.74, 6) is 1.17. The van der Waals surface area contributed by atoms with E-state index in [4.69, 9.17) is 15.2 Å². The largest absolute Gasteiger partial charge is 0.496 e. The lowest BCUT2D eigenvalue weighted by Crippen LogP contribution is -2.42. The fraction of sp³-hybridized carbons (Fsp3) is 0.324. The summed E-state index contributed by atoms with van der Waals surface area (Å²) in [4.78, 5) is 19.2. The van der Waals surface area contributed by atoms with E-state index in [-0.39, 0.29) is 24.3 Å². The third-order valence-corrected chi connectivity index (χ3v) is 8.55. The SMILES string of the molecule is CCOc1cc(CO)c(CN(Cc2ccccc2)C(=O)C(c2ccccc2)C2CCN(c3ccc(N)cc3)CC2)c(OC)c1. The fourth-order valence-corrected chi connectivity index (χ4v) is 6.28. The Bertz CT molecular complexity index is 1460. The van der Waals surface area contributed by atoms with Crippen LogP contribution in [0.5, 0.6) is 11.5 Å². The van der Waals surface area contributed by atoms with Crippen LogP contribution in [0.25, 0.3) is 0 Å². The molecule has 0 radical (unpaired) electrons. The van der Waals surface area contributed by atoms with Gasteiger partial charge >= 0.3 is 0 Å². The summed E-state index contributed by atoms with van der Waals surface area (Å²) in [6.45, 7) is 4.70. The van der Waals surface area contributed by atoms with Crippen molar-refractivity contribution in [1.82, 2.24) is 4.90 Å². The number of carbonyl (C=O) groups excluding carboxylic acids is 1. The zero-order valence-electron chi connectivity index (χ0n) is 25.7. The number of benzene rings is 4. The molecule has 4 aromatic carbocycles. The minimum Gasteiger partial charge on any atom is -0.496 e. The lowest BCUT2D eigenvalue weighted by molar-refractivity contribution is -0.135. The van der Waals surface area contributed by atoms with Gasteiger partial charge in [-0.15, -0.1) is 0 Å². The van der Waals surface area contributed by atoms with Gasteiger partial charge in [0, 0.05) is 42.6 Å². The van der Waals surface area contributed by atoms with Gasteiger partial charge in [-0.1, -0.05) is 60.7 Å². The Hall–Kier alpha value is -4.49. The molecule has 1 aliphatic heterocycles. The van der Waals surface area contributed by atoms with E-state index in [1.165, 1.54) is 0 Å². The summed E-state index contributed by atoms with van der Waals surface area (Å²) in [5.41, 5.74) is 11.4. The van der Waals surface area contributed by atoms with Gasteiger partial charge in [0.15, 0.2) is 0 Å². The zero-order chi connectivity index (χ0) is 30.9. The maximum Gasteiger partial charge on any atom is 0.231 e. The van der Waals surface area contributed by atoms with Gasteiger partial charge in [-0.3, -0.25) is 4.79 Å². The predicted molar refractivity (Wildman–Crippen MR) is 176 cm³/mol. The Balaban J connectivity index is 1.48. The number of hydrogen-bond donors (Lipinski definition) is 2. The Morgan fingerprint density at radius 1 is 0.955 bits per heavy atom. The van der Waals surface area contributed by atoms with Crippen LogP contribution in [-0.4, -0.2) is 42.7 Å². The third-order valence-electron chi connectivity index (χ3n) is 8.55. The summed E-state index contributed by atoms with van der Waals surface area (Å²) in [6.07, 6.45) is 1.78. The number of rotatable bonds is 12. The van der Waals surface area contributed by atoms with Crippen LogP contribution in [-0.2, 0) is 24.5 Å². The van der Waals surface area contributed by atoms with Crippen molar-refractivity contribution in [3.05, 3.63) is 119 Å². The van der Waals surface area contributed by atoms with Gasteiger partial charge in [-0.25, -0.2) is 0 Å². The van der Waals surface area contributed by atoms with E-state index in [1.54, 1.807) is 7.11 Å². The highest BCUT2D eigenvalue weighted by atomic mass is 16.5. The van der Waals surface area contributed by atoms with Crippen molar-refractivity contribution in [2.24, 2.45) is 5.92 Å². The van der Waals surface area contributed by atoms with Gasteiger partial charge in [-0.2, -0.15) is 0 Å². The number of aliphatic hydroxyl groups excluding tert-OH is 1. The number of ether oxygens (including phenoxy) is 2. The van der Waals surface area contributed by atoms with E-state index in [9.17, 15) is 9.90 Å². The molecule has 4 aromatic rings. The molecule has 0 bridgehead atoms. The van der Waals surface area contributed by atoms with Crippen LogP contribution in [0.3, 0.4) is 0 Å². The van der Waals surface area contributed by atoms with Crippen LogP contribution < -0.4 is 20.1 Å². The van der Waals surface area contributed by atoms with Crippen molar-refractivity contribution in [1.29, 1.82) is 0 Å². The normalized spacial score (nSPS) is 14.2. The van der Waals surface area contributed by atoms with Crippen molar-refractivity contribution >= 4 is 17.3 Å². The molecule has 3 N–H and O–H groups in total. The van der Waals surface area contributed by atoms with Crippen LogP contribution in [0.4, 0.5) is 11.4 Å². The number of carbonyl (C=O) groups is 1. The first-order valence-corrected chi connectivity index (χ1v) is 15.4. The summed E-state index contributed by atoms with van der Waals surface area (Å²) in [6, 6.07) is 31.9. The van der Waals surface area contributed by atoms with Crippen molar-refractivity contribution in [3.8, 4) is 11.5 Å². The molecule has 1 saturated heterocycles. The Labute approximate surface area is 260 Å². The molecule has 7 nitrogen and oxygen atoms in total. The lowest BCUT2D eigenvalue weighted by atomic mass is 9.79. The first kappa shape index (κ1) is 31.0. The van der Waals surface area contributed by atoms with Crippen LogP contribution in [0, 0.1) is 5.92 Å². The van der Waals surface area contributed by atoms with Crippen LogP contribution in [0.2, 0.25) is 0 Å². The second kappa shape index (κ2) is 14.8. The van der Waals surface area contributed by atoms with Gasteiger partial charge in [0.05, 0.1) is 32.8 Å². The smallest absolute Gasteiger partial charge is 0.231 e. The van der Waals surface area contributed by atoms with Gasteiger partial charge in [0.2, 0.25) is 5.91 Å². The molecule has 1 aliphatic rings. The molecule has 1 atom stereocenters. The maximum atomic E-state index is 14.9. The molecule has 1 unspecified atom stereocenters. The number of anilines is 2. The maximum absolute atomic E-state index is 14.9. The molecule has 1 fully saturated rings. The van der Waals surface area contributed by atoms with Gasteiger partial charge in [0.25, 0.3) is 0 Å². The summed E-state index contributed by atoms with van der Waals surface area (Å²) in [7, 11) is 1.61. The molecule has 0 saturated carbocycles. The van der Waals surface area contributed by atoms with Crippen LogP contribution in [0.1, 0.15) is 47.9 Å². The monoisotopic (exact) mass is 593 g/mol. The van der Waals surface area contributed by atoms with Crippen molar-refractivity contribution in [3.63, 3.8) is 0 Å². The molecule has 230 valence electrons. The molecule has 0 spiro atoms. The average molecular weight is 594 g/mol. The second-order valence-electron chi connectivity index (χ2n) is 11.3. The number of hydrogen-bond acceptors (Lipinski definition) is 6. The number of aliphatic hydroxyl groups is 1. The van der Waals surface area contributed by atoms with E-state index < -0.39 is 0 Å². The van der Waals surface area contributed by atoms with Crippen LogP contribution >= 0.6 is 0 Å². The highest BCUT2D eigenvalue weighted by Gasteiger charge is 2.36. The highest BCUT2D eigenvalue weighted by Crippen LogP contribution is 2.38. The average Bonchev–Trinajstić information content (AvgIpc) is 3.06. The minimum atomic E-state index is -0.306. The molecule has 0 aromatic heterocycles. The summed E-state index contributed by atoms with van der Waals surface area (Å²) in [5, 5.41) is 10.4. The number of nitrogens with two attached hydrogens (primary N) is 1. The molecule has 1 amide bonds. The van der Waals surface area contributed by atoms with Gasteiger partial charge < -0.3 is 30.1 Å². The van der Waals surface area contributed by atoms with Crippen molar-refractivity contribution in [2.45, 2.75) is 45.4 Å². The second-order valence-corrected chi connectivity index (χ2v) is 11.3. The van der Waals surface area contributed by atoms with Gasteiger partial charge in [0.1, 0.15) is 11.5 Å². The Kier molecular flexibility index (Phi) is 10.4. The Morgan fingerprint density at radius 3 is 2.23 bits per heavy atom. The van der Waals surface area contributed by atoms with E-state index in [0.29, 0.717) is 36.8 Å².